The van der Waals surface area contributed by atoms with Gasteiger partial charge in [0.05, 0.1) is 24.4 Å². The lowest BCUT2D eigenvalue weighted by Crippen LogP contribution is -2.38. The molecule has 1 aromatic carbocycles. The van der Waals surface area contributed by atoms with Gasteiger partial charge in [0.25, 0.3) is 0 Å². The van der Waals surface area contributed by atoms with Gasteiger partial charge in [0.2, 0.25) is 0 Å². The number of benzene rings is 1. The third kappa shape index (κ3) is 4.25. The lowest BCUT2D eigenvalue weighted by molar-refractivity contribution is -0.106. The number of aldehydes is 1. The van der Waals surface area contributed by atoms with E-state index in [1.54, 1.807) is 11.9 Å². The summed E-state index contributed by atoms with van der Waals surface area (Å²) in [5, 5.41) is 2.92. The Kier molecular flexibility index (Phi) is 6.14. The molecule has 1 atom stereocenters. The van der Waals surface area contributed by atoms with Crippen molar-refractivity contribution in [2.24, 2.45) is 0 Å². The third-order valence-electron chi connectivity index (χ3n) is 5.16. The molecule has 0 aromatic heterocycles. The summed E-state index contributed by atoms with van der Waals surface area (Å²) in [4.78, 5) is 23.7. The number of nitrogens with one attached hydrogen (secondary N) is 1. The van der Waals surface area contributed by atoms with E-state index in [2.05, 4.69) is 5.32 Å². The molecule has 4 rings (SSSR count). The average molecular weight is 397 g/mol. The van der Waals surface area contributed by atoms with Crippen molar-refractivity contribution in [2.45, 2.75) is 31.5 Å². The number of hydrogen-bond acceptors (Lipinski definition) is 6. The SMILES string of the molecule is CC=O.CNCC1CN(c2cc(F)c(N3CCC4(CC3)CO4)c(F)c2)C(=O)O1. The van der Waals surface area contributed by atoms with Crippen molar-refractivity contribution < 1.29 is 27.8 Å². The zero-order valence-corrected chi connectivity index (χ0v) is 16.0. The van der Waals surface area contributed by atoms with Crippen molar-refractivity contribution in [2.75, 3.05) is 49.6 Å². The van der Waals surface area contributed by atoms with Crippen LogP contribution in [0.2, 0.25) is 0 Å². The molecular weight excluding hydrogens is 372 g/mol. The molecule has 3 aliphatic rings. The molecule has 0 aliphatic carbocycles. The fourth-order valence-electron chi connectivity index (χ4n) is 3.60. The number of cyclic esters (lactones) is 1. The summed E-state index contributed by atoms with van der Waals surface area (Å²) in [7, 11) is 1.75. The number of rotatable bonds is 4. The zero-order valence-electron chi connectivity index (χ0n) is 16.0. The Morgan fingerprint density at radius 3 is 2.36 bits per heavy atom. The minimum Gasteiger partial charge on any atom is -0.443 e. The van der Waals surface area contributed by atoms with E-state index >= 15 is 0 Å². The number of piperidine rings is 1. The highest BCUT2D eigenvalue weighted by atomic mass is 19.1. The van der Waals surface area contributed by atoms with Crippen LogP contribution in [0.4, 0.5) is 25.0 Å². The van der Waals surface area contributed by atoms with Gasteiger partial charge in [-0.15, -0.1) is 0 Å². The first-order valence-corrected chi connectivity index (χ1v) is 9.33. The second-order valence-corrected chi connectivity index (χ2v) is 7.13. The van der Waals surface area contributed by atoms with Gasteiger partial charge in [-0.25, -0.2) is 13.6 Å². The summed E-state index contributed by atoms with van der Waals surface area (Å²) in [6.45, 7) is 4.06. The first-order chi connectivity index (χ1) is 13.4. The molecule has 3 aliphatic heterocycles. The van der Waals surface area contributed by atoms with Crippen molar-refractivity contribution in [1.82, 2.24) is 5.32 Å². The highest BCUT2D eigenvalue weighted by Gasteiger charge is 2.47. The molecule has 3 saturated heterocycles. The Labute approximate surface area is 162 Å². The first-order valence-electron chi connectivity index (χ1n) is 9.33. The summed E-state index contributed by atoms with van der Waals surface area (Å²) in [5.41, 5.74) is 0.102. The molecular formula is C19H25F2N3O4. The molecule has 1 spiro atoms. The predicted octanol–water partition coefficient (Wildman–Crippen LogP) is 2.08. The molecule has 28 heavy (non-hydrogen) atoms. The van der Waals surface area contributed by atoms with E-state index < -0.39 is 17.7 Å². The normalized spacial score (nSPS) is 22.6. The topological polar surface area (TPSA) is 74.4 Å². The van der Waals surface area contributed by atoms with Gasteiger partial charge in [-0.05, 0) is 26.8 Å². The van der Waals surface area contributed by atoms with Crippen molar-refractivity contribution in [1.29, 1.82) is 0 Å². The second kappa shape index (κ2) is 8.40. The van der Waals surface area contributed by atoms with Crippen LogP contribution in [0.15, 0.2) is 12.1 Å². The molecule has 1 aromatic rings. The number of ether oxygens (including phenoxy) is 2. The molecule has 0 bridgehead atoms. The number of nitrogens with zero attached hydrogens (tertiary/aromatic N) is 2. The number of hydrogen-bond donors (Lipinski definition) is 1. The second-order valence-electron chi connectivity index (χ2n) is 7.13. The number of likely N-dealkylation sites (N-methyl/N-ethyl adjacent to an activating group) is 1. The van der Waals surface area contributed by atoms with E-state index in [1.807, 2.05) is 0 Å². The first kappa shape index (κ1) is 20.5. The summed E-state index contributed by atoms with van der Waals surface area (Å²) >= 11 is 0. The molecule has 3 fully saturated rings. The Morgan fingerprint density at radius 1 is 1.29 bits per heavy atom. The maximum atomic E-state index is 14.6. The molecule has 3 heterocycles. The van der Waals surface area contributed by atoms with Crippen molar-refractivity contribution in [3.05, 3.63) is 23.8 Å². The van der Waals surface area contributed by atoms with Gasteiger partial charge < -0.3 is 24.5 Å². The van der Waals surface area contributed by atoms with E-state index in [0.29, 0.717) is 19.6 Å². The molecule has 1 N–H and O–H groups in total. The zero-order chi connectivity index (χ0) is 20.3. The van der Waals surface area contributed by atoms with Crippen LogP contribution in [0.5, 0.6) is 0 Å². The van der Waals surface area contributed by atoms with Crippen LogP contribution in [0.1, 0.15) is 19.8 Å². The molecule has 0 radical (unpaired) electrons. The van der Waals surface area contributed by atoms with Gasteiger partial charge in [0.1, 0.15) is 18.1 Å². The van der Waals surface area contributed by atoms with Crippen molar-refractivity contribution in [3.63, 3.8) is 0 Å². The maximum absolute atomic E-state index is 14.6. The van der Waals surface area contributed by atoms with Crippen LogP contribution >= 0.6 is 0 Å². The monoisotopic (exact) mass is 397 g/mol. The largest absolute Gasteiger partial charge is 0.443 e. The lowest BCUT2D eigenvalue weighted by atomic mass is 9.97. The molecule has 9 heteroatoms. The summed E-state index contributed by atoms with van der Waals surface area (Å²) in [6, 6.07) is 2.42. The summed E-state index contributed by atoms with van der Waals surface area (Å²) in [6.07, 6.45) is 1.38. The van der Waals surface area contributed by atoms with Gasteiger partial charge >= 0.3 is 6.09 Å². The number of halogens is 2. The number of epoxide rings is 1. The fourth-order valence-corrected chi connectivity index (χ4v) is 3.60. The molecule has 1 amide bonds. The highest BCUT2D eigenvalue weighted by Crippen LogP contribution is 2.40. The third-order valence-corrected chi connectivity index (χ3v) is 5.16. The standard InChI is InChI=1S/C17H21F2N3O3.C2H4O/c1-20-8-12-9-22(16(23)25-12)11-6-13(18)15(14(19)7-11)21-4-2-17(3-5-21)10-24-17;1-2-3/h6-7,12,20H,2-5,8-10H2,1H3;2H,1H3. The van der Waals surface area contributed by atoms with Crippen LogP contribution in [-0.4, -0.2) is 63.9 Å². The molecule has 1 unspecified atom stereocenters. The Hall–Kier alpha value is -2.26. The smallest absolute Gasteiger partial charge is 0.414 e. The Morgan fingerprint density at radius 2 is 1.86 bits per heavy atom. The van der Waals surface area contributed by atoms with Crippen molar-refractivity contribution >= 4 is 23.8 Å². The van der Waals surface area contributed by atoms with Gasteiger partial charge in [0.15, 0.2) is 11.6 Å². The van der Waals surface area contributed by atoms with Crippen LogP contribution in [0, 0.1) is 11.6 Å². The maximum Gasteiger partial charge on any atom is 0.414 e. The Balaban J connectivity index is 0.000000706. The van der Waals surface area contributed by atoms with Crippen LogP contribution in [0.3, 0.4) is 0 Å². The van der Waals surface area contributed by atoms with E-state index in [0.717, 1.165) is 25.7 Å². The van der Waals surface area contributed by atoms with E-state index in [9.17, 15) is 13.6 Å². The van der Waals surface area contributed by atoms with Crippen LogP contribution in [0.25, 0.3) is 0 Å². The van der Waals surface area contributed by atoms with E-state index in [1.165, 1.54) is 24.0 Å². The Bertz CT molecular complexity index is 709. The highest BCUT2D eigenvalue weighted by molar-refractivity contribution is 5.90. The van der Waals surface area contributed by atoms with Gasteiger partial charge in [-0.3, -0.25) is 4.90 Å². The predicted molar refractivity (Wildman–Crippen MR) is 99.8 cm³/mol. The average Bonchev–Trinajstić information content (AvgIpc) is 3.30. The van der Waals surface area contributed by atoms with E-state index in [4.69, 9.17) is 14.3 Å². The fraction of sp³-hybridized carbons (Fsp3) is 0.579. The van der Waals surface area contributed by atoms with E-state index in [-0.39, 0.29) is 29.6 Å². The minimum atomic E-state index is -0.660. The quantitative estimate of drug-likeness (QED) is 0.620. The number of amides is 1. The lowest BCUT2D eigenvalue weighted by Gasteiger charge is -2.32. The van der Waals surface area contributed by atoms with Crippen LogP contribution < -0.4 is 15.1 Å². The van der Waals surface area contributed by atoms with Gasteiger partial charge in [-0.1, -0.05) is 0 Å². The summed E-state index contributed by atoms with van der Waals surface area (Å²) < 4.78 is 39.9. The summed E-state index contributed by atoms with van der Waals surface area (Å²) in [5.74, 6) is -1.32. The van der Waals surface area contributed by atoms with Crippen molar-refractivity contribution in [3.8, 4) is 0 Å². The van der Waals surface area contributed by atoms with Gasteiger partial charge in [0, 0.05) is 31.8 Å². The molecule has 7 nitrogen and oxygen atoms in total. The number of carbonyl (C=O) groups excluding carboxylic acids is 2. The molecule has 0 saturated carbocycles. The number of carbonyl (C=O) groups is 2. The minimum absolute atomic E-state index is 0.0291. The van der Waals surface area contributed by atoms with Gasteiger partial charge in [-0.2, -0.15) is 0 Å². The van der Waals surface area contributed by atoms with Crippen LogP contribution in [-0.2, 0) is 14.3 Å². The number of anilines is 2. The molecule has 154 valence electrons.